The first-order valence-corrected chi connectivity index (χ1v) is 30.7. The van der Waals surface area contributed by atoms with Crippen LogP contribution in [0.15, 0.2) is 0 Å². The third-order valence-corrected chi connectivity index (χ3v) is 14.2. The van der Waals surface area contributed by atoms with Gasteiger partial charge in [0.25, 0.3) is 0 Å². The van der Waals surface area contributed by atoms with E-state index in [2.05, 4.69) is 46.4 Å². The normalized spacial score (nSPS) is 12.1. The Balaban J connectivity index is 5.29. The third kappa shape index (κ3) is 44.8. The van der Waals surface area contributed by atoms with Crippen LogP contribution < -0.4 is 0 Å². The molecular weight excluding hydrogens is 889 g/mol. The van der Waals surface area contributed by atoms with Gasteiger partial charge in [-0.1, -0.05) is 183 Å². The molecule has 0 saturated carbocycles. The summed E-state index contributed by atoms with van der Waals surface area (Å²) in [7, 11) is 4.03. The molecule has 420 valence electrons. The van der Waals surface area contributed by atoms with E-state index in [1.165, 1.54) is 77.0 Å². The van der Waals surface area contributed by atoms with Crippen molar-refractivity contribution in [2.45, 2.75) is 336 Å². The number of ether oxygens (including phenoxy) is 4. The van der Waals surface area contributed by atoms with Crippen molar-refractivity contribution in [3.63, 3.8) is 0 Å². The minimum absolute atomic E-state index is 0.0307. The molecule has 0 fully saturated rings. The lowest BCUT2D eigenvalue weighted by molar-refractivity contribution is -0.151. The smallest absolute Gasteiger partial charge is 0.410 e. The van der Waals surface area contributed by atoms with Crippen molar-refractivity contribution >= 4 is 24.0 Å². The fraction of sp³-hybridized carbons (Fsp3) is 0.934. The predicted octanol–water partition coefficient (Wildman–Crippen LogP) is 17.6. The number of amides is 1. The molecule has 0 saturated heterocycles. The molecule has 10 heteroatoms. The second-order valence-electron chi connectivity index (χ2n) is 21.5. The van der Waals surface area contributed by atoms with Gasteiger partial charge >= 0.3 is 24.0 Å². The Hall–Kier alpha value is -2.36. The molecule has 0 bridgehead atoms. The van der Waals surface area contributed by atoms with Gasteiger partial charge in [-0.25, -0.2) is 4.79 Å². The van der Waals surface area contributed by atoms with Crippen LogP contribution >= 0.6 is 0 Å². The van der Waals surface area contributed by atoms with Gasteiger partial charge in [0, 0.05) is 19.4 Å². The van der Waals surface area contributed by atoms with E-state index in [1.807, 2.05) is 14.1 Å². The Morgan fingerprint density at radius 1 is 0.324 bits per heavy atom. The lowest BCUT2D eigenvalue weighted by Gasteiger charge is -2.26. The SMILES string of the molecule is CCCCCCC(CCCCCC)OC(=O)CCCCCCCCC(CCCCCCCCC(=O)OC(CCCCCC)CCCCCC)OC(=O)N(CCCN(C)C)CC(=O)OC(CC)CCCCC. The van der Waals surface area contributed by atoms with Gasteiger partial charge in [-0.05, 0) is 136 Å². The maximum atomic E-state index is 13.9. The fourth-order valence-corrected chi connectivity index (χ4v) is 9.55. The molecule has 1 unspecified atom stereocenters. The first kappa shape index (κ1) is 68.6. The minimum atomic E-state index is -0.420. The molecule has 1 atom stereocenters. The highest BCUT2D eigenvalue weighted by Gasteiger charge is 2.25. The highest BCUT2D eigenvalue weighted by atomic mass is 16.6. The molecule has 0 aliphatic rings. The van der Waals surface area contributed by atoms with Gasteiger partial charge in [0.2, 0.25) is 0 Å². The first-order valence-electron chi connectivity index (χ1n) is 30.7. The maximum Gasteiger partial charge on any atom is 0.410 e. The topological polar surface area (TPSA) is 112 Å². The summed E-state index contributed by atoms with van der Waals surface area (Å²) in [4.78, 5) is 56.5. The largest absolute Gasteiger partial charge is 0.462 e. The Morgan fingerprint density at radius 2 is 0.620 bits per heavy atom. The number of hydrogen-bond acceptors (Lipinski definition) is 9. The average Bonchev–Trinajstić information content (AvgIpc) is 3.34. The molecule has 0 aromatic heterocycles. The molecule has 1 amide bonds. The Bertz CT molecular complexity index is 1130. The van der Waals surface area contributed by atoms with Crippen LogP contribution in [0.2, 0.25) is 0 Å². The zero-order valence-corrected chi connectivity index (χ0v) is 48.3. The molecule has 0 N–H and O–H groups in total. The van der Waals surface area contributed by atoms with Gasteiger partial charge in [-0.3, -0.25) is 19.3 Å². The van der Waals surface area contributed by atoms with Crippen LogP contribution in [0.25, 0.3) is 0 Å². The van der Waals surface area contributed by atoms with Gasteiger partial charge in [-0.15, -0.1) is 0 Å². The zero-order chi connectivity index (χ0) is 52.4. The lowest BCUT2D eigenvalue weighted by atomic mass is 10.0. The number of unbranched alkanes of at least 4 members (excludes halogenated alkanes) is 24. The van der Waals surface area contributed by atoms with Crippen LogP contribution in [-0.4, -0.2) is 91.9 Å². The van der Waals surface area contributed by atoms with Gasteiger partial charge in [-0.2, -0.15) is 0 Å². The maximum absolute atomic E-state index is 13.9. The number of nitrogens with zero attached hydrogens (tertiary/aromatic N) is 2. The number of carbonyl (C=O) groups is 4. The Morgan fingerprint density at radius 3 is 0.986 bits per heavy atom. The fourth-order valence-electron chi connectivity index (χ4n) is 9.55. The summed E-state index contributed by atoms with van der Waals surface area (Å²) >= 11 is 0. The van der Waals surface area contributed by atoms with Crippen molar-refractivity contribution < 1.29 is 38.1 Å². The van der Waals surface area contributed by atoms with Crippen LogP contribution in [0, 0.1) is 0 Å². The van der Waals surface area contributed by atoms with Gasteiger partial charge in [0.15, 0.2) is 0 Å². The Kier molecular flexibility index (Phi) is 49.4. The van der Waals surface area contributed by atoms with E-state index < -0.39 is 6.09 Å². The molecule has 0 rings (SSSR count). The van der Waals surface area contributed by atoms with Gasteiger partial charge in [0.1, 0.15) is 31.0 Å². The van der Waals surface area contributed by atoms with Gasteiger partial charge in [0.05, 0.1) is 0 Å². The summed E-state index contributed by atoms with van der Waals surface area (Å²) < 4.78 is 24.2. The predicted molar refractivity (Wildman–Crippen MR) is 298 cm³/mol. The van der Waals surface area contributed by atoms with Gasteiger partial charge < -0.3 is 23.8 Å². The summed E-state index contributed by atoms with van der Waals surface area (Å²) in [6, 6.07) is 0. The number of hydrogen-bond donors (Lipinski definition) is 0. The van der Waals surface area contributed by atoms with Crippen LogP contribution in [0.3, 0.4) is 0 Å². The number of carbonyl (C=O) groups excluding carboxylic acids is 4. The highest BCUT2D eigenvalue weighted by Crippen LogP contribution is 2.22. The summed E-state index contributed by atoms with van der Waals surface area (Å²) in [5, 5.41) is 0. The van der Waals surface area contributed by atoms with Crippen LogP contribution in [-0.2, 0) is 33.3 Å². The molecule has 71 heavy (non-hydrogen) atoms. The Labute approximate surface area is 439 Å². The average molecular weight is 1010 g/mol. The van der Waals surface area contributed by atoms with E-state index in [-0.39, 0.29) is 48.9 Å². The van der Waals surface area contributed by atoms with Crippen molar-refractivity contribution in [2.24, 2.45) is 0 Å². The molecule has 0 radical (unpaired) electrons. The van der Waals surface area contributed by atoms with Crippen molar-refractivity contribution in [1.82, 2.24) is 9.80 Å². The van der Waals surface area contributed by atoms with E-state index >= 15 is 0 Å². The van der Waals surface area contributed by atoms with E-state index in [0.29, 0.717) is 19.4 Å². The molecule has 0 aromatic carbocycles. The lowest BCUT2D eigenvalue weighted by Crippen LogP contribution is -2.40. The van der Waals surface area contributed by atoms with Crippen LogP contribution in [0.5, 0.6) is 0 Å². The molecule has 10 nitrogen and oxygen atoms in total. The molecule has 0 aliphatic heterocycles. The highest BCUT2D eigenvalue weighted by molar-refractivity contribution is 5.78. The molecule has 0 aromatic rings. The second kappa shape index (κ2) is 51.1. The number of rotatable bonds is 53. The number of esters is 3. The second-order valence-corrected chi connectivity index (χ2v) is 21.5. The van der Waals surface area contributed by atoms with Crippen molar-refractivity contribution in [3.05, 3.63) is 0 Å². The molecule has 0 spiro atoms. The monoisotopic (exact) mass is 1010 g/mol. The molecule has 0 heterocycles. The first-order chi connectivity index (χ1) is 34.5. The van der Waals surface area contributed by atoms with E-state index in [0.717, 1.165) is 186 Å². The van der Waals surface area contributed by atoms with Crippen LogP contribution in [0.1, 0.15) is 311 Å². The molecule has 0 aliphatic carbocycles. The zero-order valence-electron chi connectivity index (χ0n) is 48.3. The van der Waals surface area contributed by atoms with Crippen molar-refractivity contribution in [1.29, 1.82) is 0 Å². The minimum Gasteiger partial charge on any atom is -0.462 e. The van der Waals surface area contributed by atoms with Crippen LogP contribution in [0.4, 0.5) is 4.79 Å². The van der Waals surface area contributed by atoms with E-state index in [1.54, 1.807) is 4.90 Å². The summed E-state index contributed by atoms with van der Waals surface area (Å²) in [5.41, 5.74) is 0. The standard InChI is InChI=1S/C61H118N2O8/c1-9-15-20-33-43-55(44-34-21-16-10-2)69-58(64)49-39-30-26-24-28-37-47-57(71-61(67)63(52-41-51-62(7)8)53-60(66)68-54(14-6)42-32-19-13-5)48-38-29-25-27-31-40-50-59(65)70-56(45-35-22-17-11-3)46-36-23-18-12-4/h54-57H,9-53H2,1-8H3. The third-order valence-electron chi connectivity index (χ3n) is 14.2. The van der Waals surface area contributed by atoms with Crippen molar-refractivity contribution in [2.75, 3.05) is 33.7 Å². The summed E-state index contributed by atoms with van der Waals surface area (Å²) in [6.45, 7) is 14.3. The summed E-state index contributed by atoms with van der Waals surface area (Å²) in [6.07, 6.45) is 42.9. The van der Waals surface area contributed by atoms with Crippen molar-refractivity contribution in [3.8, 4) is 0 Å². The van der Waals surface area contributed by atoms with E-state index in [9.17, 15) is 19.2 Å². The van der Waals surface area contributed by atoms with E-state index in [4.69, 9.17) is 18.9 Å². The molecular formula is C61H118N2O8. The quantitative estimate of drug-likeness (QED) is 0.0334. The summed E-state index contributed by atoms with van der Waals surface area (Å²) in [5.74, 6) is -0.420.